The normalized spacial score (nSPS) is 11.5. The maximum atomic E-state index is 4.15. The number of benzene rings is 6. The van der Waals surface area contributed by atoms with Crippen molar-refractivity contribution < 1.29 is 0 Å². The fraction of sp³-hybridized carbons (Fsp3) is 0. The summed E-state index contributed by atoms with van der Waals surface area (Å²) < 4.78 is 0. The molecule has 0 aliphatic heterocycles. The van der Waals surface area contributed by atoms with Crippen molar-refractivity contribution in [2.75, 3.05) is 0 Å². The van der Waals surface area contributed by atoms with Crippen LogP contribution in [0.25, 0.3) is 65.7 Å². The summed E-state index contributed by atoms with van der Waals surface area (Å²) in [6.07, 6.45) is 3.69. The van der Waals surface area contributed by atoms with Gasteiger partial charge in [0, 0.05) is 12.4 Å². The summed E-state index contributed by atoms with van der Waals surface area (Å²) in [5, 5.41) is 7.90. The second-order valence-corrected chi connectivity index (χ2v) is 8.83. The highest BCUT2D eigenvalue weighted by atomic mass is 14.6. The number of hydrogen-bond acceptors (Lipinski definition) is 1. The van der Waals surface area contributed by atoms with E-state index in [0.717, 1.165) is 0 Å². The summed E-state index contributed by atoms with van der Waals surface area (Å²) in [5.74, 6) is 0. The number of aromatic nitrogens is 1. The van der Waals surface area contributed by atoms with Crippen LogP contribution in [-0.4, -0.2) is 4.98 Å². The first-order valence-electron chi connectivity index (χ1n) is 11.6. The average molecular weight is 432 g/mol. The van der Waals surface area contributed by atoms with Gasteiger partial charge in [0.15, 0.2) is 0 Å². The van der Waals surface area contributed by atoms with Crippen molar-refractivity contribution in [2.45, 2.75) is 0 Å². The molecule has 0 N–H and O–H groups in total. The SMILES string of the molecule is c1ccc(-c2cc(-c3ccc(-c4ccncc4)cc3)c3ccc4cccc5ccc2c3c54)cc1. The van der Waals surface area contributed by atoms with Crippen LogP contribution in [0.1, 0.15) is 0 Å². The summed E-state index contributed by atoms with van der Waals surface area (Å²) in [6.45, 7) is 0. The molecule has 6 aromatic carbocycles. The predicted molar refractivity (Wildman–Crippen MR) is 144 cm³/mol. The molecule has 0 radical (unpaired) electrons. The monoisotopic (exact) mass is 431 g/mol. The van der Waals surface area contributed by atoms with Gasteiger partial charge < -0.3 is 0 Å². The third-order valence-electron chi connectivity index (χ3n) is 6.94. The average Bonchev–Trinajstić information content (AvgIpc) is 2.92. The van der Waals surface area contributed by atoms with E-state index in [0.29, 0.717) is 0 Å². The van der Waals surface area contributed by atoms with Crippen molar-refractivity contribution >= 4 is 32.3 Å². The molecule has 1 nitrogen and oxygen atoms in total. The summed E-state index contributed by atoms with van der Waals surface area (Å²) >= 11 is 0. The standard InChI is InChI=1S/C33H21N/c1-2-5-24(6-3-1)30-21-31(25-11-9-22(10-12-25)23-17-19-34-20-18-23)29-16-14-27-8-4-7-26-13-15-28(30)33(29)32(26)27/h1-21H. The van der Waals surface area contributed by atoms with Crippen molar-refractivity contribution in [1.29, 1.82) is 0 Å². The van der Waals surface area contributed by atoms with Gasteiger partial charge in [-0.15, -0.1) is 0 Å². The predicted octanol–water partition coefficient (Wildman–Crippen LogP) is 8.98. The largest absolute Gasteiger partial charge is 0.265 e. The second kappa shape index (κ2) is 7.54. The topological polar surface area (TPSA) is 12.9 Å². The lowest BCUT2D eigenvalue weighted by Crippen LogP contribution is -1.91. The Morgan fingerprint density at radius 2 is 0.941 bits per heavy atom. The van der Waals surface area contributed by atoms with Gasteiger partial charge in [-0.05, 0) is 83.9 Å². The van der Waals surface area contributed by atoms with Gasteiger partial charge in [0.2, 0.25) is 0 Å². The van der Waals surface area contributed by atoms with E-state index in [1.54, 1.807) is 0 Å². The van der Waals surface area contributed by atoms with Crippen LogP contribution in [0.4, 0.5) is 0 Å². The zero-order chi connectivity index (χ0) is 22.5. The van der Waals surface area contributed by atoms with Crippen molar-refractivity contribution in [3.05, 3.63) is 128 Å². The molecule has 7 rings (SSSR count). The van der Waals surface area contributed by atoms with Gasteiger partial charge in [0.05, 0.1) is 0 Å². The molecule has 0 aliphatic rings. The third-order valence-corrected chi connectivity index (χ3v) is 6.94. The van der Waals surface area contributed by atoms with E-state index in [1.807, 2.05) is 12.4 Å². The van der Waals surface area contributed by atoms with Gasteiger partial charge in [-0.1, -0.05) is 97.1 Å². The first-order valence-corrected chi connectivity index (χ1v) is 11.6. The summed E-state index contributed by atoms with van der Waals surface area (Å²) in [7, 11) is 0. The van der Waals surface area contributed by atoms with Crippen molar-refractivity contribution in [3.8, 4) is 33.4 Å². The second-order valence-electron chi connectivity index (χ2n) is 8.83. The molecule has 0 spiro atoms. The Labute approximate surface area is 198 Å². The maximum absolute atomic E-state index is 4.15. The van der Waals surface area contributed by atoms with Gasteiger partial charge in [-0.3, -0.25) is 4.98 Å². The van der Waals surface area contributed by atoms with E-state index in [2.05, 4.69) is 120 Å². The Kier molecular flexibility index (Phi) is 4.22. The molecule has 0 amide bonds. The van der Waals surface area contributed by atoms with Crippen LogP contribution >= 0.6 is 0 Å². The Bertz CT molecular complexity index is 1750. The molecule has 0 saturated carbocycles. The van der Waals surface area contributed by atoms with Crippen LogP contribution in [0.2, 0.25) is 0 Å². The van der Waals surface area contributed by atoms with Crippen molar-refractivity contribution in [2.24, 2.45) is 0 Å². The van der Waals surface area contributed by atoms with Crippen LogP contribution in [0.5, 0.6) is 0 Å². The molecule has 0 atom stereocenters. The minimum atomic E-state index is 1.18. The maximum Gasteiger partial charge on any atom is 0.0273 e. The lowest BCUT2D eigenvalue weighted by molar-refractivity contribution is 1.33. The highest BCUT2D eigenvalue weighted by Crippen LogP contribution is 2.44. The fourth-order valence-corrected chi connectivity index (χ4v) is 5.31. The first kappa shape index (κ1) is 19.0. The van der Waals surface area contributed by atoms with Crippen molar-refractivity contribution in [1.82, 2.24) is 4.98 Å². The molecular weight excluding hydrogens is 410 g/mol. The van der Waals surface area contributed by atoms with E-state index in [1.165, 1.54) is 65.7 Å². The number of hydrogen-bond donors (Lipinski definition) is 0. The lowest BCUT2D eigenvalue weighted by Gasteiger charge is -2.18. The Hall–Kier alpha value is -4.49. The molecule has 0 aliphatic carbocycles. The Morgan fingerprint density at radius 3 is 1.59 bits per heavy atom. The molecule has 0 bridgehead atoms. The van der Waals surface area contributed by atoms with E-state index in [4.69, 9.17) is 0 Å². The summed E-state index contributed by atoms with van der Waals surface area (Å²) in [4.78, 5) is 4.15. The first-order chi connectivity index (χ1) is 16.9. The molecule has 1 aromatic heterocycles. The van der Waals surface area contributed by atoms with E-state index in [9.17, 15) is 0 Å². The van der Waals surface area contributed by atoms with E-state index in [-0.39, 0.29) is 0 Å². The summed E-state index contributed by atoms with van der Waals surface area (Å²) in [6, 6.07) is 41.9. The molecular formula is C33H21N. The van der Waals surface area contributed by atoms with Gasteiger partial charge >= 0.3 is 0 Å². The molecule has 0 fully saturated rings. The quantitative estimate of drug-likeness (QED) is 0.254. The third kappa shape index (κ3) is 2.91. The number of pyridine rings is 1. The molecule has 158 valence electrons. The zero-order valence-corrected chi connectivity index (χ0v) is 18.6. The number of rotatable bonds is 3. The highest BCUT2D eigenvalue weighted by molar-refractivity contribution is 6.28. The van der Waals surface area contributed by atoms with Gasteiger partial charge in [-0.2, -0.15) is 0 Å². The van der Waals surface area contributed by atoms with Crippen molar-refractivity contribution in [3.63, 3.8) is 0 Å². The zero-order valence-electron chi connectivity index (χ0n) is 18.6. The fourth-order valence-electron chi connectivity index (χ4n) is 5.31. The van der Waals surface area contributed by atoms with E-state index >= 15 is 0 Å². The molecule has 0 saturated heterocycles. The number of nitrogens with zero attached hydrogens (tertiary/aromatic N) is 1. The van der Waals surface area contributed by atoms with Crippen LogP contribution < -0.4 is 0 Å². The smallest absolute Gasteiger partial charge is 0.0273 e. The minimum absolute atomic E-state index is 1.18. The van der Waals surface area contributed by atoms with Gasteiger partial charge in [0.25, 0.3) is 0 Å². The molecule has 34 heavy (non-hydrogen) atoms. The van der Waals surface area contributed by atoms with Crippen LogP contribution in [0, 0.1) is 0 Å². The lowest BCUT2D eigenvalue weighted by atomic mass is 9.85. The van der Waals surface area contributed by atoms with Crippen LogP contribution in [-0.2, 0) is 0 Å². The minimum Gasteiger partial charge on any atom is -0.265 e. The van der Waals surface area contributed by atoms with Crippen LogP contribution in [0.3, 0.4) is 0 Å². The molecule has 0 unspecified atom stereocenters. The van der Waals surface area contributed by atoms with E-state index < -0.39 is 0 Å². The molecule has 1 heterocycles. The Morgan fingerprint density at radius 1 is 0.382 bits per heavy atom. The Balaban J connectivity index is 1.54. The molecule has 7 aromatic rings. The summed E-state index contributed by atoms with van der Waals surface area (Å²) in [5.41, 5.74) is 7.41. The molecule has 1 heteroatoms. The van der Waals surface area contributed by atoms with Gasteiger partial charge in [0.1, 0.15) is 0 Å². The highest BCUT2D eigenvalue weighted by Gasteiger charge is 2.16. The van der Waals surface area contributed by atoms with Gasteiger partial charge in [-0.25, -0.2) is 0 Å². The van der Waals surface area contributed by atoms with Crippen LogP contribution in [0.15, 0.2) is 128 Å².